The summed E-state index contributed by atoms with van der Waals surface area (Å²) in [5.74, 6) is -0.967. The molecule has 2 aromatic heterocycles. The molecule has 0 amide bonds. The van der Waals surface area contributed by atoms with Crippen molar-refractivity contribution >= 4 is 11.8 Å². The van der Waals surface area contributed by atoms with Gasteiger partial charge in [0.1, 0.15) is 17.6 Å². The molecule has 0 saturated carbocycles. The SMILES string of the molecule is COC(=O)C(Cc1ccc(OCCc2nc(-c3ccccc3)oc2C)cc1)n1cccc1C(=O)C(F)(F)F. The molecule has 2 aromatic carbocycles. The molecule has 10 heteroatoms. The monoisotopic (exact) mass is 526 g/mol. The highest BCUT2D eigenvalue weighted by Gasteiger charge is 2.42. The maximum atomic E-state index is 13.0. The highest BCUT2D eigenvalue weighted by Crippen LogP contribution is 2.27. The lowest BCUT2D eigenvalue weighted by molar-refractivity contribution is -0.144. The second-order valence-electron chi connectivity index (χ2n) is 8.50. The number of oxazole rings is 1. The maximum Gasteiger partial charge on any atom is 0.456 e. The van der Waals surface area contributed by atoms with E-state index < -0.39 is 29.7 Å². The Bertz CT molecular complexity index is 1390. The molecule has 1 unspecified atom stereocenters. The number of hydrogen-bond acceptors (Lipinski definition) is 6. The van der Waals surface area contributed by atoms with Crippen molar-refractivity contribution in [2.45, 2.75) is 32.0 Å². The van der Waals surface area contributed by atoms with Gasteiger partial charge in [0.25, 0.3) is 5.78 Å². The number of esters is 1. The van der Waals surface area contributed by atoms with E-state index in [1.807, 2.05) is 37.3 Å². The van der Waals surface area contributed by atoms with Crippen molar-refractivity contribution in [2.24, 2.45) is 0 Å². The van der Waals surface area contributed by atoms with Crippen LogP contribution in [0.5, 0.6) is 5.75 Å². The lowest BCUT2D eigenvalue weighted by Gasteiger charge is -2.20. The van der Waals surface area contributed by atoms with E-state index in [1.54, 1.807) is 24.3 Å². The van der Waals surface area contributed by atoms with Crippen molar-refractivity contribution in [3.63, 3.8) is 0 Å². The molecular formula is C28H25F3N2O5. The third kappa shape index (κ3) is 6.13. The van der Waals surface area contributed by atoms with Crippen LogP contribution in [0.1, 0.15) is 33.5 Å². The van der Waals surface area contributed by atoms with Crippen molar-refractivity contribution in [1.29, 1.82) is 0 Å². The Kier molecular flexibility index (Phi) is 7.99. The van der Waals surface area contributed by atoms with Crippen molar-refractivity contribution in [2.75, 3.05) is 13.7 Å². The van der Waals surface area contributed by atoms with Gasteiger partial charge in [-0.05, 0) is 48.9 Å². The average molecular weight is 527 g/mol. The van der Waals surface area contributed by atoms with Gasteiger partial charge in [-0.15, -0.1) is 0 Å². The van der Waals surface area contributed by atoms with Crippen molar-refractivity contribution < 1.29 is 36.7 Å². The molecule has 0 bridgehead atoms. The Balaban J connectivity index is 1.40. The van der Waals surface area contributed by atoms with Crippen LogP contribution in [-0.2, 0) is 22.4 Å². The molecule has 1 atom stereocenters. The van der Waals surface area contributed by atoms with Crippen LogP contribution in [0.4, 0.5) is 13.2 Å². The zero-order valence-corrected chi connectivity index (χ0v) is 20.7. The summed E-state index contributed by atoms with van der Waals surface area (Å²) in [7, 11) is 1.14. The fraction of sp³-hybridized carbons (Fsp3) is 0.250. The van der Waals surface area contributed by atoms with Crippen LogP contribution in [-0.4, -0.2) is 41.2 Å². The normalized spacial score (nSPS) is 12.2. The summed E-state index contributed by atoms with van der Waals surface area (Å²) in [5.41, 5.74) is 1.69. The molecule has 0 radical (unpaired) electrons. The number of carbonyl (C=O) groups is 2. The third-order valence-corrected chi connectivity index (χ3v) is 5.95. The fourth-order valence-corrected chi connectivity index (χ4v) is 4.01. The predicted molar refractivity (Wildman–Crippen MR) is 132 cm³/mol. The number of methoxy groups -OCH3 is 1. The van der Waals surface area contributed by atoms with Gasteiger partial charge in [-0.2, -0.15) is 13.2 Å². The highest BCUT2D eigenvalue weighted by molar-refractivity contribution is 5.99. The first-order valence-corrected chi connectivity index (χ1v) is 11.8. The van der Waals surface area contributed by atoms with E-state index in [9.17, 15) is 22.8 Å². The van der Waals surface area contributed by atoms with E-state index in [-0.39, 0.29) is 6.42 Å². The molecule has 0 aliphatic rings. The number of ether oxygens (including phenoxy) is 2. The fourth-order valence-electron chi connectivity index (χ4n) is 4.01. The molecule has 4 aromatic rings. The quantitative estimate of drug-likeness (QED) is 0.193. The van der Waals surface area contributed by atoms with Gasteiger partial charge in [-0.3, -0.25) is 4.79 Å². The Hall–Kier alpha value is -4.34. The average Bonchev–Trinajstić information content (AvgIpc) is 3.54. The molecule has 7 nitrogen and oxygen atoms in total. The minimum atomic E-state index is -5.07. The van der Waals surface area contributed by atoms with Gasteiger partial charge in [0.05, 0.1) is 25.1 Å². The number of benzene rings is 2. The van der Waals surface area contributed by atoms with Gasteiger partial charge in [0, 0.05) is 24.6 Å². The molecule has 38 heavy (non-hydrogen) atoms. The van der Waals surface area contributed by atoms with E-state index >= 15 is 0 Å². The molecule has 2 heterocycles. The van der Waals surface area contributed by atoms with E-state index in [4.69, 9.17) is 13.9 Å². The third-order valence-electron chi connectivity index (χ3n) is 5.95. The van der Waals surface area contributed by atoms with E-state index in [0.29, 0.717) is 36.0 Å². The number of hydrogen-bond donors (Lipinski definition) is 0. The summed E-state index contributed by atoms with van der Waals surface area (Å²) >= 11 is 0. The highest BCUT2D eigenvalue weighted by atomic mass is 19.4. The van der Waals surface area contributed by atoms with Crippen molar-refractivity contribution in [3.8, 4) is 17.2 Å². The van der Waals surface area contributed by atoms with Gasteiger partial charge in [-0.25, -0.2) is 9.78 Å². The van der Waals surface area contributed by atoms with E-state index in [0.717, 1.165) is 29.0 Å². The number of ketones is 1. The molecule has 0 fully saturated rings. The number of halogens is 3. The molecule has 198 valence electrons. The van der Waals surface area contributed by atoms with Crippen molar-refractivity contribution in [3.05, 3.63) is 95.6 Å². The minimum absolute atomic E-state index is 0.0141. The molecule has 0 spiro atoms. The summed E-state index contributed by atoms with van der Waals surface area (Å²) < 4.78 is 56.4. The minimum Gasteiger partial charge on any atom is -0.493 e. The van der Waals surface area contributed by atoms with Crippen LogP contribution >= 0.6 is 0 Å². The Labute approximate surface area is 216 Å². The standard InChI is InChI=1S/C28H25F3N2O5/c1-18-22(32-26(38-18)20-7-4-3-5-8-20)14-16-37-21-12-10-19(11-13-21)17-24(27(35)36-2)33-15-6-9-23(33)25(34)28(29,30)31/h3-13,15,24H,14,16-17H2,1-2H3. The molecule has 0 aliphatic heterocycles. The first-order valence-electron chi connectivity index (χ1n) is 11.8. The van der Waals surface area contributed by atoms with Crippen LogP contribution in [0, 0.1) is 6.92 Å². The molecule has 0 saturated heterocycles. The van der Waals surface area contributed by atoms with Gasteiger partial charge in [0.15, 0.2) is 0 Å². The lowest BCUT2D eigenvalue weighted by Crippen LogP contribution is -2.30. The predicted octanol–water partition coefficient (Wildman–Crippen LogP) is 5.77. The lowest BCUT2D eigenvalue weighted by atomic mass is 10.0. The maximum absolute atomic E-state index is 13.0. The zero-order valence-electron chi connectivity index (χ0n) is 20.7. The smallest absolute Gasteiger partial charge is 0.456 e. The number of aromatic nitrogens is 2. The number of aryl methyl sites for hydroxylation is 1. The van der Waals surface area contributed by atoms with Gasteiger partial charge >= 0.3 is 12.1 Å². The summed E-state index contributed by atoms with van der Waals surface area (Å²) in [4.78, 5) is 28.8. The van der Waals surface area contributed by atoms with Crippen LogP contribution in [0.3, 0.4) is 0 Å². The van der Waals surface area contributed by atoms with Crippen molar-refractivity contribution in [1.82, 2.24) is 9.55 Å². The second-order valence-corrected chi connectivity index (χ2v) is 8.50. The summed E-state index contributed by atoms with van der Waals surface area (Å²) in [5, 5.41) is 0. The first-order chi connectivity index (χ1) is 18.2. The number of nitrogens with zero attached hydrogens (tertiary/aromatic N) is 2. The van der Waals surface area contributed by atoms with Gasteiger partial charge in [0.2, 0.25) is 5.89 Å². The molecule has 0 N–H and O–H groups in total. The Morgan fingerprint density at radius 2 is 1.74 bits per heavy atom. The largest absolute Gasteiger partial charge is 0.493 e. The number of carbonyl (C=O) groups excluding carboxylic acids is 2. The molecular weight excluding hydrogens is 501 g/mol. The Morgan fingerprint density at radius 1 is 1.03 bits per heavy atom. The first kappa shape index (κ1) is 26.7. The van der Waals surface area contributed by atoms with Crippen LogP contribution < -0.4 is 4.74 Å². The summed E-state index contributed by atoms with van der Waals surface area (Å²) in [6, 6.07) is 17.5. The van der Waals surface area contributed by atoms with Crippen LogP contribution in [0.2, 0.25) is 0 Å². The zero-order chi connectivity index (χ0) is 27.3. The number of Topliss-reactive ketones (excluding diaryl/α,β-unsaturated/α-hetero) is 1. The van der Waals surface area contributed by atoms with Gasteiger partial charge < -0.3 is 18.5 Å². The van der Waals surface area contributed by atoms with Gasteiger partial charge in [-0.1, -0.05) is 30.3 Å². The van der Waals surface area contributed by atoms with Crippen LogP contribution in [0.25, 0.3) is 11.5 Å². The second kappa shape index (κ2) is 11.4. The topological polar surface area (TPSA) is 83.6 Å². The summed E-state index contributed by atoms with van der Waals surface area (Å²) in [6.45, 7) is 2.19. The Morgan fingerprint density at radius 3 is 2.39 bits per heavy atom. The van der Waals surface area contributed by atoms with E-state index in [1.165, 1.54) is 12.3 Å². The summed E-state index contributed by atoms with van der Waals surface area (Å²) in [6.07, 6.45) is -3.27. The van der Waals surface area contributed by atoms with Crippen LogP contribution in [0.15, 0.2) is 77.3 Å². The number of alkyl halides is 3. The number of rotatable bonds is 10. The molecule has 0 aliphatic carbocycles. The molecule has 4 rings (SSSR count). The van der Waals surface area contributed by atoms with E-state index in [2.05, 4.69) is 4.98 Å².